The molecular formula is C15H21NO. The quantitative estimate of drug-likeness (QED) is 0.762. The Kier molecular flexibility index (Phi) is 4.18. The summed E-state index contributed by atoms with van der Waals surface area (Å²) in [5.41, 5.74) is 1.24. The summed E-state index contributed by atoms with van der Waals surface area (Å²) in [5.74, 6) is 0.320. The van der Waals surface area contributed by atoms with E-state index >= 15 is 0 Å². The molecule has 1 heterocycles. The fraction of sp³-hybridized carbons (Fsp3) is 0.533. The van der Waals surface area contributed by atoms with Gasteiger partial charge >= 0.3 is 0 Å². The van der Waals surface area contributed by atoms with Crippen LogP contribution >= 0.6 is 0 Å². The molecule has 0 N–H and O–H groups in total. The maximum Gasteiger partial charge on any atom is 0.223 e. The average molecular weight is 231 g/mol. The van der Waals surface area contributed by atoms with Gasteiger partial charge in [-0.05, 0) is 25.3 Å². The Hall–Kier alpha value is -1.31. The second-order valence-electron chi connectivity index (χ2n) is 4.84. The number of likely N-dealkylation sites (tertiary alicyclic amines) is 1. The van der Waals surface area contributed by atoms with Crippen molar-refractivity contribution in [2.75, 3.05) is 6.54 Å². The highest BCUT2D eigenvalue weighted by Crippen LogP contribution is 2.23. The number of benzene rings is 1. The first kappa shape index (κ1) is 12.2. The first-order valence-corrected chi connectivity index (χ1v) is 6.63. The first-order chi connectivity index (χ1) is 8.29. The van der Waals surface area contributed by atoms with Crippen LogP contribution in [0, 0.1) is 0 Å². The summed E-state index contributed by atoms with van der Waals surface area (Å²) in [6.07, 6.45) is 5.38. The van der Waals surface area contributed by atoms with Crippen molar-refractivity contribution in [3.63, 3.8) is 0 Å². The molecule has 92 valence electrons. The number of nitrogens with zero attached hydrogens (tertiary/aromatic N) is 1. The number of hydrogen-bond donors (Lipinski definition) is 0. The third-order valence-electron chi connectivity index (χ3n) is 3.61. The Morgan fingerprint density at radius 3 is 2.53 bits per heavy atom. The van der Waals surface area contributed by atoms with E-state index in [1.165, 1.54) is 18.4 Å². The monoisotopic (exact) mass is 231 g/mol. The van der Waals surface area contributed by atoms with Crippen molar-refractivity contribution >= 4 is 5.91 Å². The predicted octanol–water partition coefficient (Wildman–Crippen LogP) is 3.54. The molecular weight excluding hydrogens is 210 g/mol. The van der Waals surface area contributed by atoms with Crippen molar-refractivity contribution in [2.24, 2.45) is 0 Å². The molecule has 0 spiro atoms. The lowest BCUT2D eigenvalue weighted by Crippen LogP contribution is -2.35. The Labute approximate surface area is 104 Å². The summed E-state index contributed by atoms with van der Waals surface area (Å²) in [7, 11) is 0. The van der Waals surface area contributed by atoms with E-state index < -0.39 is 0 Å². The van der Waals surface area contributed by atoms with E-state index in [0.29, 0.717) is 5.91 Å². The van der Waals surface area contributed by atoms with Crippen molar-refractivity contribution in [3.05, 3.63) is 35.9 Å². The van der Waals surface area contributed by atoms with Gasteiger partial charge in [-0.3, -0.25) is 4.79 Å². The lowest BCUT2D eigenvalue weighted by molar-refractivity contribution is -0.134. The number of rotatable bonds is 2. The van der Waals surface area contributed by atoms with Gasteiger partial charge in [-0.25, -0.2) is 0 Å². The standard InChI is InChI=1S/C15H21NO/c1-13(14-9-5-4-6-10-14)16-12-8-3-2-7-11-15(16)17/h4-6,9-10,13H,2-3,7-8,11-12H2,1H3/t13-/m0/s1. The molecule has 1 aliphatic heterocycles. The molecule has 1 amide bonds. The lowest BCUT2D eigenvalue weighted by atomic mass is 10.0. The van der Waals surface area contributed by atoms with Crippen molar-refractivity contribution in [3.8, 4) is 0 Å². The van der Waals surface area contributed by atoms with E-state index in [9.17, 15) is 4.79 Å². The van der Waals surface area contributed by atoms with Crippen molar-refractivity contribution in [1.29, 1.82) is 0 Å². The van der Waals surface area contributed by atoms with Gasteiger partial charge in [0.25, 0.3) is 0 Å². The van der Waals surface area contributed by atoms with Crippen LogP contribution in [0.4, 0.5) is 0 Å². The fourth-order valence-corrected chi connectivity index (χ4v) is 2.50. The van der Waals surface area contributed by atoms with Crippen molar-refractivity contribution in [2.45, 2.75) is 45.1 Å². The number of carbonyl (C=O) groups is 1. The fourth-order valence-electron chi connectivity index (χ4n) is 2.50. The largest absolute Gasteiger partial charge is 0.336 e. The molecule has 17 heavy (non-hydrogen) atoms. The van der Waals surface area contributed by atoms with Crippen LogP contribution in [0.1, 0.15) is 50.6 Å². The summed E-state index contributed by atoms with van der Waals surface area (Å²) >= 11 is 0. The molecule has 1 saturated heterocycles. The minimum atomic E-state index is 0.210. The minimum Gasteiger partial charge on any atom is -0.336 e. The molecule has 0 radical (unpaired) electrons. The van der Waals surface area contributed by atoms with Gasteiger partial charge in [0, 0.05) is 13.0 Å². The smallest absolute Gasteiger partial charge is 0.223 e. The second kappa shape index (κ2) is 5.85. The molecule has 0 aromatic heterocycles. The van der Waals surface area contributed by atoms with E-state index in [1.807, 2.05) is 18.2 Å². The normalized spacial score (nSPS) is 19.6. The zero-order valence-electron chi connectivity index (χ0n) is 10.6. The molecule has 0 bridgehead atoms. The molecule has 2 nitrogen and oxygen atoms in total. The summed E-state index contributed by atoms with van der Waals surface area (Å²) in [6, 6.07) is 10.5. The third-order valence-corrected chi connectivity index (χ3v) is 3.61. The molecule has 1 aliphatic rings. The molecule has 1 fully saturated rings. The van der Waals surface area contributed by atoms with Gasteiger partial charge in [0.15, 0.2) is 0 Å². The molecule has 0 aliphatic carbocycles. The lowest BCUT2D eigenvalue weighted by Gasteiger charge is -2.31. The zero-order valence-corrected chi connectivity index (χ0v) is 10.6. The van der Waals surface area contributed by atoms with Gasteiger partial charge in [-0.2, -0.15) is 0 Å². The van der Waals surface area contributed by atoms with Crippen LogP contribution in [0.25, 0.3) is 0 Å². The highest BCUT2D eigenvalue weighted by Gasteiger charge is 2.21. The molecule has 2 rings (SSSR count). The molecule has 0 saturated carbocycles. The first-order valence-electron chi connectivity index (χ1n) is 6.63. The second-order valence-corrected chi connectivity index (χ2v) is 4.84. The number of hydrogen-bond acceptors (Lipinski definition) is 1. The van der Waals surface area contributed by atoms with Crippen LogP contribution in [-0.4, -0.2) is 17.4 Å². The average Bonchev–Trinajstić information content (AvgIpc) is 2.35. The Balaban J connectivity index is 2.10. The third kappa shape index (κ3) is 3.09. The van der Waals surface area contributed by atoms with Crippen LogP contribution < -0.4 is 0 Å². The van der Waals surface area contributed by atoms with Crippen LogP contribution in [0.2, 0.25) is 0 Å². The SMILES string of the molecule is C[C@@H](c1ccccc1)N1CCCCCCC1=O. The number of amides is 1. The van der Waals surface area contributed by atoms with Crippen LogP contribution in [0.5, 0.6) is 0 Å². The highest BCUT2D eigenvalue weighted by atomic mass is 16.2. The minimum absolute atomic E-state index is 0.210. The van der Waals surface area contributed by atoms with Gasteiger partial charge in [0.05, 0.1) is 6.04 Å². The Morgan fingerprint density at radius 2 is 1.76 bits per heavy atom. The van der Waals surface area contributed by atoms with Crippen LogP contribution in [0.15, 0.2) is 30.3 Å². The maximum absolute atomic E-state index is 12.1. The molecule has 1 aromatic carbocycles. The van der Waals surface area contributed by atoms with E-state index in [0.717, 1.165) is 25.8 Å². The van der Waals surface area contributed by atoms with Gasteiger partial charge in [-0.1, -0.05) is 43.2 Å². The Bertz CT molecular complexity index is 360. The predicted molar refractivity (Wildman–Crippen MR) is 69.7 cm³/mol. The van der Waals surface area contributed by atoms with Gasteiger partial charge in [0.2, 0.25) is 5.91 Å². The molecule has 0 unspecified atom stereocenters. The maximum atomic E-state index is 12.1. The van der Waals surface area contributed by atoms with Crippen molar-refractivity contribution < 1.29 is 4.79 Å². The highest BCUT2D eigenvalue weighted by molar-refractivity contribution is 5.76. The topological polar surface area (TPSA) is 20.3 Å². The van der Waals surface area contributed by atoms with Crippen LogP contribution in [-0.2, 0) is 4.79 Å². The summed E-state index contributed by atoms with van der Waals surface area (Å²) < 4.78 is 0. The summed E-state index contributed by atoms with van der Waals surface area (Å²) in [5, 5.41) is 0. The van der Waals surface area contributed by atoms with Gasteiger partial charge < -0.3 is 4.90 Å². The van der Waals surface area contributed by atoms with E-state index in [-0.39, 0.29) is 6.04 Å². The Morgan fingerprint density at radius 1 is 1.06 bits per heavy atom. The molecule has 1 aromatic rings. The summed E-state index contributed by atoms with van der Waals surface area (Å²) in [6.45, 7) is 3.05. The molecule has 2 heteroatoms. The zero-order chi connectivity index (χ0) is 12.1. The molecule has 1 atom stereocenters. The van der Waals surface area contributed by atoms with Crippen molar-refractivity contribution in [1.82, 2.24) is 4.90 Å². The van der Waals surface area contributed by atoms with E-state index in [4.69, 9.17) is 0 Å². The van der Waals surface area contributed by atoms with Gasteiger partial charge in [-0.15, -0.1) is 0 Å². The van der Waals surface area contributed by atoms with E-state index in [1.54, 1.807) is 0 Å². The number of carbonyl (C=O) groups excluding carboxylic acids is 1. The van der Waals surface area contributed by atoms with Gasteiger partial charge in [0.1, 0.15) is 0 Å². The summed E-state index contributed by atoms with van der Waals surface area (Å²) in [4.78, 5) is 14.2. The van der Waals surface area contributed by atoms with Crippen LogP contribution in [0.3, 0.4) is 0 Å². The van der Waals surface area contributed by atoms with E-state index in [2.05, 4.69) is 24.0 Å².